The number of nitrogens with two attached hydrogens (primary N) is 1. The van der Waals surface area contributed by atoms with Crippen molar-refractivity contribution in [3.8, 4) is 11.5 Å². The Bertz CT molecular complexity index is 807. The first-order chi connectivity index (χ1) is 11.5. The van der Waals surface area contributed by atoms with Crippen LogP contribution in [0.1, 0.15) is 34.5 Å². The number of anilines is 1. The Labute approximate surface area is 141 Å². The van der Waals surface area contributed by atoms with Gasteiger partial charge in [-0.3, -0.25) is 0 Å². The molecule has 5 heteroatoms. The maximum absolute atomic E-state index is 6.37. The first kappa shape index (κ1) is 16.1. The Morgan fingerprint density at radius 1 is 0.792 bits per heavy atom. The van der Waals surface area contributed by atoms with E-state index in [1.54, 1.807) is 20.3 Å². The fraction of sp³-hybridized carbons (Fsp3) is 0.263. The molecule has 1 aromatic carbocycles. The number of aryl methyl sites for hydroxylation is 2. The van der Waals surface area contributed by atoms with Gasteiger partial charge >= 0.3 is 0 Å². The monoisotopic (exact) mass is 327 g/mol. The van der Waals surface area contributed by atoms with Gasteiger partial charge in [0.2, 0.25) is 0 Å². The van der Waals surface area contributed by atoms with Gasteiger partial charge in [0, 0.05) is 5.56 Å². The highest BCUT2D eigenvalue weighted by Crippen LogP contribution is 2.44. The molecule has 0 unspecified atom stereocenters. The molecule has 0 radical (unpaired) electrons. The molecule has 2 N–H and O–H groups in total. The third-order valence-electron chi connectivity index (χ3n) is 4.03. The molecule has 2 aromatic heterocycles. The highest BCUT2D eigenvalue weighted by molar-refractivity contribution is 5.67. The average molecular weight is 327 g/mol. The maximum Gasteiger partial charge on any atom is 0.142 e. The number of benzene rings is 1. The molecule has 0 saturated carbocycles. The van der Waals surface area contributed by atoms with Crippen molar-refractivity contribution in [3.63, 3.8) is 0 Å². The molecular weight excluding hydrogens is 306 g/mol. The van der Waals surface area contributed by atoms with Crippen molar-refractivity contribution in [3.05, 3.63) is 65.0 Å². The van der Waals surface area contributed by atoms with Gasteiger partial charge in [0.05, 0.1) is 19.9 Å². The summed E-state index contributed by atoms with van der Waals surface area (Å²) in [6.45, 7) is 3.81. The van der Waals surface area contributed by atoms with Crippen LogP contribution in [-0.2, 0) is 0 Å². The molecule has 0 aliphatic rings. The predicted molar refractivity (Wildman–Crippen MR) is 91.8 cm³/mol. The molecule has 24 heavy (non-hydrogen) atoms. The minimum atomic E-state index is -0.322. The van der Waals surface area contributed by atoms with E-state index in [1.165, 1.54) is 0 Å². The zero-order chi connectivity index (χ0) is 17.3. The highest BCUT2D eigenvalue weighted by atomic mass is 16.5. The van der Waals surface area contributed by atoms with E-state index in [0.29, 0.717) is 17.2 Å². The summed E-state index contributed by atoms with van der Waals surface area (Å²) in [5.41, 5.74) is 7.64. The van der Waals surface area contributed by atoms with Crippen LogP contribution in [0.2, 0.25) is 0 Å². The SMILES string of the molecule is COc1ccc(OC)c(C(c2ccc(C)o2)c2ccc(C)o2)c1N. The van der Waals surface area contributed by atoms with E-state index >= 15 is 0 Å². The van der Waals surface area contributed by atoms with Crippen LogP contribution in [0.3, 0.4) is 0 Å². The Hall–Kier alpha value is -2.82. The van der Waals surface area contributed by atoms with Crippen LogP contribution in [-0.4, -0.2) is 14.2 Å². The van der Waals surface area contributed by atoms with Crippen molar-refractivity contribution >= 4 is 5.69 Å². The van der Waals surface area contributed by atoms with Gasteiger partial charge in [-0.15, -0.1) is 0 Å². The first-order valence-corrected chi connectivity index (χ1v) is 7.68. The number of hydrogen-bond donors (Lipinski definition) is 1. The number of furan rings is 2. The third-order valence-corrected chi connectivity index (χ3v) is 4.03. The molecule has 0 aliphatic heterocycles. The lowest BCUT2D eigenvalue weighted by Crippen LogP contribution is -2.08. The lowest BCUT2D eigenvalue weighted by molar-refractivity contribution is 0.388. The summed E-state index contributed by atoms with van der Waals surface area (Å²) in [4.78, 5) is 0. The average Bonchev–Trinajstić information content (AvgIpc) is 3.18. The molecule has 0 saturated heterocycles. The van der Waals surface area contributed by atoms with Crippen LogP contribution < -0.4 is 15.2 Å². The van der Waals surface area contributed by atoms with Crippen LogP contribution in [0.25, 0.3) is 0 Å². The van der Waals surface area contributed by atoms with Crippen molar-refractivity contribution in [2.75, 3.05) is 20.0 Å². The van der Waals surface area contributed by atoms with E-state index in [9.17, 15) is 0 Å². The van der Waals surface area contributed by atoms with Gasteiger partial charge in [-0.2, -0.15) is 0 Å². The number of hydrogen-bond acceptors (Lipinski definition) is 5. The Kier molecular flexibility index (Phi) is 4.25. The molecule has 3 rings (SSSR count). The summed E-state index contributed by atoms with van der Waals surface area (Å²) >= 11 is 0. The standard InChI is InChI=1S/C19H21NO4/c1-11-5-7-14(23-11)17(15-8-6-12(2)24-15)18-13(21-3)9-10-16(22-4)19(18)20/h5-10,17H,20H2,1-4H3. The maximum atomic E-state index is 6.37. The van der Waals surface area contributed by atoms with E-state index in [1.807, 2.05) is 44.2 Å². The summed E-state index contributed by atoms with van der Waals surface area (Å²) in [6.07, 6.45) is 0. The third kappa shape index (κ3) is 2.73. The zero-order valence-electron chi connectivity index (χ0n) is 14.3. The predicted octanol–water partition coefficient (Wildman–Crippen LogP) is 4.27. The van der Waals surface area contributed by atoms with E-state index < -0.39 is 0 Å². The second-order valence-electron chi connectivity index (χ2n) is 5.63. The van der Waals surface area contributed by atoms with Crippen molar-refractivity contribution in [1.29, 1.82) is 0 Å². The van der Waals surface area contributed by atoms with Crippen LogP contribution in [0.5, 0.6) is 11.5 Å². The largest absolute Gasteiger partial charge is 0.496 e. The van der Waals surface area contributed by atoms with Gasteiger partial charge in [0.15, 0.2) is 0 Å². The molecule has 0 bridgehead atoms. The second-order valence-corrected chi connectivity index (χ2v) is 5.63. The molecule has 0 amide bonds. The Morgan fingerprint density at radius 3 is 1.71 bits per heavy atom. The molecule has 0 aliphatic carbocycles. The van der Waals surface area contributed by atoms with E-state index in [4.69, 9.17) is 24.0 Å². The number of ether oxygens (including phenoxy) is 2. The summed E-state index contributed by atoms with van der Waals surface area (Å²) < 4.78 is 22.7. The lowest BCUT2D eigenvalue weighted by atomic mass is 9.91. The minimum absolute atomic E-state index is 0.322. The van der Waals surface area contributed by atoms with Crippen LogP contribution in [0.15, 0.2) is 45.2 Å². The summed E-state index contributed by atoms with van der Waals surface area (Å²) in [5.74, 6) is 4.03. The van der Waals surface area contributed by atoms with Crippen molar-refractivity contribution in [2.45, 2.75) is 19.8 Å². The fourth-order valence-electron chi connectivity index (χ4n) is 2.89. The van der Waals surface area contributed by atoms with Crippen LogP contribution >= 0.6 is 0 Å². The lowest BCUT2D eigenvalue weighted by Gasteiger charge is -2.20. The summed E-state index contributed by atoms with van der Waals surface area (Å²) in [5, 5.41) is 0. The summed E-state index contributed by atoms with van der Waals surface area (Å²) in [6, 6.07) is 11.3. The zero-order valence-corrected chi connectivity index (χ0v) is 14.3. The van der Waals surface area contributed by atoms with Gasteiger partial charge in [-0.1, -0.05) is 0 Å². The first-order valence-electron chi connectivity index (χ1n) is 7.68. The Balaban J connectivity index is 2.26. The van der Waals surface area contributed by atoms with Crippen molar-refractivity contribution < 1.29 is 18.3 Å². The van der Waals surface area contributed by atoms with Gasteiger partial charge in [-0.25, -0.2) is 0 Å². The van der Waals surface area contributed by atoms with Crippen LogP contribution in [0.4, 0.5) is 5.69 Å². The molecule has 2 heterocycles. The molecule has 0 fully saturated rings. The molecular formula is C19H21NO4. The quantitative estimate of drug-likeness (QED) is 0.709. The van der Waals surface area contributed by atoms with E-state index in [2.05, 4.69) is 0 Å². The Morgan fingerprint density at radius 2 is 1.29 bits per heavy atom. The molecule has 126 valence electrons. The van der Waals surface area contributed by atoms with Gasteiger partial charge < -0.3 is 24.0 Å². The smallest absolute Gasteiger partial charge is 0.142 e. The number of nitrogen functional groups attached to an aromatic ring is 1. The number of rotatable bonds is 5. The summed E-state index contributed by atoms with van der Waals surface area (Å²) in [7, 11) is 3.20. The van der Waals surface area contributed by atoms with Gasteiger partial charge in [-0.05, 0) is 50.2 Å². The van der Waals surface area contributed by atoms with Gasteiger partial charge in [0.25, 0.3) is 0 Å². The van der Waals surface area contributed by atoms with E-state index in [-0.39, 0.29) is 5.92 Å². The normalized spacial score (nSPS) is 11.0. The molecule has 5 nitrogen and oxygen atoms in total. The fourth-order valence-corrected chi connectivity index (χ4v) is 2.89. The molecule has 3 aromatic rings. The molecule has 0 atom stereocenters. The minimum Gasteiger partial charge on any atom is -0.496 e. The second kappa shape index (κ2) is 6.35. The van der Waals surface area contributed by atoms with Crippen molar-refractivity contribution in [1.82, 2.24) is 0 Å². The van der Waals surface area contributed by atoms with E-state index in [0.717, 1.165) is 28.6 Å². The highest BCUT2D eigenvalue weighted by Gasteiger charge is 2.29. The number of methoxy groups -OCH3 is 2. The topological polar surface area (TPSA) is 70.8 Å². The van der Waals surface area contributed by atoms with Gasteiger partial charge in [0.1, 0.15) is 40.5 Å². The van der Waals surface area contributed by atoms with Crippen LogP contribution in [0, 0.1) is 13.8 Å². The molecule has 0 spiro atoms. The van der Waals surface area contributed by atoms with Crippen molar-refractivity contribution in [2.24, 2.45) is 0 Å².